The summed E-state index contributed by atoms with van der Waals surface area (Å²) in [6.07, 6.45) is 0.639. The predicted octanol–water partition coefficient (Wildman–Crippen LogP) is 2.88. The van der Waals surface area contributed by atoms with Gasteiger partial charge in [-0.2, -0.15) is 0 Å². The number of urea groups is 1. The van der Waals surface area contributed by atoms with E-state index >= 15 is 0 Å². The van der Waals surface area contributed by atoms with Gasteiger partial charge in [0.15, 0.2) is 0 Å². The number of anilines is 1. The minimum absolute atomic E-state index is 0.0826. The van der Waals surface area contributed by atoms with Crippen molar-refractivity contribution in [2.24, 2.45) is 0 Å². The maximum atomic E-state index is 13.0. The SMILES string of the molecule is O=C(Nc1ccc(F)cc1)N[C@H]1CC[C@H](CCNS(=O)(=O)c2cccc(Cl)c2)O[C@H]1CO. The fourth-order valence-corrected chi connectivity index (χ4v) is 4.80. The van der Waals surface area contributed by atoms with E-state index in [1.807, 2.05) is 0 Å². The van der Waals surface area contributed by atoms with Crippen molar-refractivity contribution < 1.29 is 27.4 Å². The summed E-state index contributed by atoms with van der Waals surface area (Å²) >= 11 is 5.85. The number of nitrogens with one attached hydrogen (secondary N) is 3. The molecule has 32 heavy (non-hydrogen) atoms. The van der Waals surface area contributed by atoms with Crippen molar-refractivity contribution in [1.29, 1.82) is 0 Å². The Balaban J connectivity index is 1.46. The number of hydrogen-bond acceptors (Lipinski definition) is 5. The second-order valence-corrected chi connectivity index (χ2v) is 9.62. The fourth-order valence-electron chi connectivity index (χ4n) is 3.45. The maximum Gasteiger partial charge on any atom is 0.319 e. The zero-order valence-corrected chi connectivity index (χ0v) is 18.7. The Bertz CT molecular complexity index is 1020. The first-order chi connectivity index (χ1) is 15.3. The standard InChI is InChI=1S/C21H25ClFN3O5S/c22-14-2-1-3-18(12-14)32(29,30)24-11-10-17-8-9-19(20(13-27)31-17)26-21(28)25-16-6-4-15(23)5-7-16/h1-7,12,17,19-20,24,27H,8-11,13H2,(H2,25,26,28)/t17-,19+,20+/m1/s1. The summed E-state index contributed by atoms with van der Waals surface area (Å²) in [5.74, 6) is -0.405. The number of hydrogen-bond donors (Lipinski definition) is 4. The van der Waals surface area contributed by atoms with Gasteiger partial charge in [0.2, 0.25) is 10.0 Å². The van der Waals surface area contributed by atoms with E-state index in [2.05, 4.69) is 15.4 Å². The van der Waals surface area contributed by atoms with Crippen LogP contribution in [0.4, 0.5) is 14.9 Å². The highest BCUT2D eigenvalue weighted by molar-refractivity contribution is 7.89. The normalized spacial score (nSPS) is 21.2. The molecular formula is C21H25ClFN3O5S. The van der Waals surface area contributed by atoms with E-state index in [4.69, 9.17) is 16.3 Å². The van der Waals surface area contributed by atoms with E-state index in [1.165, 1.54) is 36.4 Å². The number of halogens is 2. The third-order valence-corrected chi connectivity index (χ3v) is 6.77. The van der Waals surface area contributed by atoms with Crippen LogP contribution in [0.15, 0.2) is 53.4 Å². The van der Waals surface area contributed by atoms with E-state index in [0.717, 1.165) is 0 Å². The number of aliphatic hydroxyl groups excluding tert-OH is 1. The minimum Gasteiger partial charge on any atom is -0.394 e. The quantitative estimate of drug-likeness (QED) is 0.458. The summed E-state index contributed by atoms with van der Waals surface area (Å²) in [4.78, 5) is 12.3. The van der Waals surface area contributed by atoms with Crippen molar-refractivity contribution in [1.82, 2.24) is 10.0 Å². The largest absolute Gasteiger partial charge is 0.394 e. The van der Waals surface area contributed by atoms with Crippen molar-refractivity contribution in [2.75, 3.05) is 18.5 Å². The molecule has 1 aliphatic rings. The molecule has 2 aromatic carbocycles. The molecule has 3 rings (SSSR count). The summed E-state index contributed by atoms with van der Waals surface area (Å²) in [7, 11) is -3.69. The van der Waals surface area contributed by atoms with Crippen LogP contribution in [0, 0.1) is 5.82 Å². The summed E-state index contributed by atoms with van der Waals surface area (Å²) in [6.45, 7) is -0.146. The molecule has 1 aliphatic heterocycles. The van der Waals surface area contributed by atoms with Crippen molar-refractivity contribution >= 4 is 33.3 Å². The molecule has 11 heteroatoms. The number of carbonyl (C=O) groups excluding carboxylic acids is 1. The fraction of sp³-hybridized carbons (Fsp3) is 0.381. The van der Waals surface area contributed by atoms with Gasteiger partial charge in [-0.1, -0.05) is 17.7 Å². The Morgan fingerprint density at radius 1 is 1.19 bits per heavy atom. The van der Waals surface area contributed by atoms with Gasteiger partial charge in [0.05, 0.1) is 23.6 Å². The van der Waals surface area contributed by atoms with Gasteiger partial charge in [-0.25, -0.2) is 22.3 Å². The Morgan fingerprint density at radius 3 is 2.62 bits per heavy atom. The lowest BCUT2D eigenvalue weighted by Gasteiger charge is -2.36. The lowest BCUT2D eigenvalue weighted by Crippen LogP contribution is -2.52. The molecule has 0 unspecified atom stereocenters. The zero-order valence-electron chi connectivity index (χ0n) is 17.1. The van der Waals surface area contributed by atoms with Gasteiger partial charge in [0.25, 0.3) is 0 Å². The zero-order chi connectivity index (χ0) is 23.1. The Kier molecular flexibility index (Phi) is 8.44. The number of sulfonamides is 1. The lowest BCUT2D eigenvalue weighted by molar-refractivity contribution is -0.0884. The maximum absolute atomic E-state index is 13.0. The summed E-state index contributed by atoms with van der Waals surface area (Å²) < 4.78 is 46.1. The molecule has 2 aromatic rings. The number of aliphatic hydroxyl groups is 1. The molecule has 0 bridgehead atoms. The third kappa shape index (κ3) is 6.88. The van der Waals surface area contributed by atoms with Crippen molar-refractivity contribution in [3.63, 3.8) is 0 Å². The van der Waals surface area contributed by atoms with Crippen LogP contribution in [0.3, 0.4) is 0 Å². The van der Waals surface area contributed by atoms with Gasteiger partial charge in [0, 0.05) is 17.3 Å². The van der Waals surface area contributed by atoms with Crippen LogP contribution in [0.25, 0.3) is 0 Å². The molecule has 1 saturated heterocycles. The van der Waals surface area contributed by atoms with E-state index in [9.17, 15) is 22.7 Å². The van der Waals surface area contributed by atoms with Gasteiger partial charge >= 0.3 is 6.03 Å². The van der Waals surface area contributed by atoms with Crippen LogP contribution < -0.4 is 15.4 Å². The van der Waals surface area contributed by atoms with Gasteiger partial charge < -0.3 is 20.5 Å². The highest BCUT2D eigenvalue weighted by Gasteiger charge is 2.32. The van der Waals surface area contributed by atoms with E-state index in [-0.39, 0.29) is 24.2 Å². The van der Waals surface area contributed by atoms with Crippen molar-refractivity contribution in [3.8, 4) is 0 Å². The van der Waals surface area contributed by atoms with Crippen LogP contribution in [-0.4, -0.2) is 51.0 Å². The molecule has 1 fully saturated rings. The van der Waals surface area contributed by atoms with Gasteiger partial charge in [-0.3, -0.25) is 0 Å². The van der Waals surface area contributed by atoms with Crippen LogP contribution in [0.1, 0.15) is 19.3 Å². The molecule has 0 spiro atoms. The molecule has 0 aliphatic carbocycles. The highest BCUT2D eigenvalue weighted by atomic mass is 35.5. The molecule has 4 N–H and O–H groups in total. The predicted molar refractivity (Wildman–Crippen MR) is 119 cm³/mol. The second kappa shape index (κ2) is 11.1. The summed E-state index contributed by atoms with van der Waals surface area (Å²) in [6, 6.07) is 10.4. The van der Waals surface area contributed by atoms with Gasteiger partial charge in [-0.05, 0) is 61.7 Å². The van der Waals surface area contributed by atoms with Crippen molar-refractivity contribution in [2.45, 2.75) is 42.4 Å². The topological polar surface area (TPSA) is 117 Å². The first-order valence-electron chi connectivity index (χ1n) is 10.1. The molecule has 1 heterocycles. The summed E-state index contributed by atoms with van der Waals surface area (Å²) in [5, 5.41) is 15.4. The first kappa shape index (κ1) is 24.4. The monoisotopic (exact) mass is 485 g/mol. The van der Waals surface area contributed by atoms with Crippen LogP contribution in [0.5, 0.6) is 0 Å². The van der Waals surface area contributed by atoms with Gasteiger partial charge in [0.1, 0.15) is 11.9 Å². The van der Waals surface area contributed by atoms with Crippen LogP contribution in [-0.2, 0) is 14.8 Å². The smallest absolute Gasteiger partial charge is 0.319 e. The Morgan fingerprint density at radius 2 is 1.94 bits per heavy atom. The van der Waals surface area contributed by atoms with Crippen LogP contribution in [0.2, 0.25) is 5.02 Å². The number of ether oxygens (including phenoxy) is 1. The van der Waals surface area contributed by atoms with Crippen LogP contribution >= 0.6 is 11.6 Å². The molecule has 174 valence electrons. The average molecular weight is 486 g/mol. The molecule has 0 saturated carbocycles. The second-order valence-electron chi connectivity index (χ2n) is 7.41. The molecular weight excluding hydrogens is 461 g/mol. The molecule has 2 amide bonds. The third-order valence-electron chi connectivity index (χ3n) is 5.08. The molecule has 8 nitrogen and oxygen atoms in total. The van der Waals surface area contributed by atoms with E-state index in [1.54, 1.807) is 12.1 Å². The molecule has 0 radical (unpaired) electrons. The Labute approximate surface area is 191 Å². The van der Waals surface area contributed by atoms with Gasteiger partial charge in [-0.15, -0.1) is 0 Å². The number of amides is 2. The number of benzene rings is 2. The average Bonchev–Trinajstić information content (AvgIpc) is 2.76. The van der Waals surface area contributed by atoms with E-state index < -0.39 is 34.0 Å². The minimum atomic E-state index is -3.69. The van der Waals surface area contributed by atoms with Crippen molar-refractivity contribution in [3.05, 3.63) is 59.4 Å². The highest BCUT2D eigenvalue weighted by Crippen LogP contribution is 2.22. The number of rotatable bonds is 8. The molecule has 0 aromatic heterocycles. The first-order valence-corrected chi connectivity index (χ1v) is 12.0. The van der Waals surface area contributed by atoms with E-state index in [0.29, 0.717) is 30.0 Å². The molecule has 3 atom stereocenters. The lowest BCUT2D eigenvalue weighted by atomic mass is 9.97. The Hall–Kier alpha value is -2.24. The number of carbonyl (C=O) groups is 1. The summed E-state index contributed by atoms with van der Waals surface area (Å²) in [5.41, 5.74) is 0.436.